The van der Waals surface area contributed by atoms with Crippen molar-refractivity contribution in [3.8, 4) is 11.3 Å². The number of aromatic nitrogens is 1. The molecule has 0 radical (unpaired) electrons. The smallest absolute Gasteiger partial charge is 0.356 e. The SMILES string of the molecule is Nc1cc(-c2cc(F)c(C(F)F)cc2F)nc(C(=O)O)c1Cl. The summed E-state index contributed by atoms with van der Waals surface area (Å²) in [5.74, 6) is -4.07. The van der Waals surface area contributed by atoms with Gasteiger partial charge in [0.15, 0.2) is 5.69 Å². The van der Waals surface area contributed by atoms with Crippen LogP contribution in [0.5, 0.6) is 0 Å². The van der Waals surface area contributed by atoms with Crippen molar-refractivity contribution in [2.75, 3.05) is 5.73 Å². The Morgan fingerprint density at radius 2 is 1.86 bits per heavy atom. The van der Waals surface area contributed by atoms with Crippen LogP contribution in [0.2, 0.25) is 5.02 Å². The molecule has 2 rings (SSSR count). The monoisotopic (exact) mass is 334 g/mol. The minimum Gasteiger partial charge on any atom is -0.476 e. The molecule has 0 aliphatic heterocycles. The molecule has 116 valence electrons. The van der Waals surface area contributed by atoms with E-state index in [9.17, 15) is 22.4 Å². The second-order valence-corrected chi connectivity index (χ2v) is 4.60. The van der Waals surface area contributed by atoms with Crippen LogP contribution >= 0.6 is 11.6 Å². The standard InChI is InChI=1S/C13H7ClF4N2O2/c14-10-8(19)3-9(20-11(10)13(21)22)4-1-7(16)5(12(17)18)2-6(4)15/h1-3,12H,(H2,19,20)(H,21,22). The molecule has 0 unspecified atom stereocenters. The summed E-state index contributed by atoms with van der Waals surface area (Å²) in [6.07, 6.45) is -3.19. The summed E-state index contributed by atoms with van der Waals surface area (Å²) in [5, 5.41) is 8.57. The molecule has 4 nitrogen and oxygen atoms in total. The van der Waals surface area contributed by atoms with Gasteiger partial charge in [0.1, 0.15) is 11.6 Å². The van der Waals surface area contributed by atoms with E-state index in [1.807, 2.05) is 0 Å². The Labute approximate surface area is 126 Å². The fourth-order valence-corrected chi connectivity index (χ4v) is 1.93. The molecule has 0 fully saturated rings. The van der Waals surface area contributed by atoms with E-state index >= 15 is 0 Å². The number of carbonyl (C=O) groups is 1. The lowest BCUT2D eigenvalue weighted by Crippen LogP contribution is -2.06. The zero-order chi connectivity index (χ0) is 16.6. The Morgan fingerprint density at radius 1 is 1.23 bits per heavy atom. The number of alkyl halides is 2. The van der Waals surface area contributed by atoms with Crippen LogP contribution in [-0.4, -0.2) is 16.1 Å². The number of anilines is 1. The molecule has 9 heteroatoms. The number of carboxylic acids is 1. The number of hydrogen-bond acceptors (Lipinski definition) is 3. The van der Waals surface area contributed by atoms with E-state index in [1.54, 1.807) is 0 Å². The van der Waals surface area contributed by atoms with E-state index in [2.05, 4.69) is 4.98 Å². The zero-order valence-corrected chi connectivity index (χ0v) is 11.3. The molecule has 0 aliphatic carbocycles. The van der Waals surface area contributed by atoms with Crippen molar-refractivity contribution in [3.05, 3.63) is 46.1 Å². The number of nitrogens with zero attached hydrogens (tertiary/aromatic N) is 1. The summed E-state index contributed by atoms with van der Waals surface area (Å²) >= 11 is 5.65. The highest BCUT2D eigenvalue weighted by Gasteiger charge is 2.21. The van der Waals surface area contributed by atoms with Gasteiger partial charge in [0.05, 0.1) is 22.0 Å². The number of aromatic carboxylic acids is 1. The van der Waals surface area contributed by atoms with Crippen LogP contribution in [0.15, 0.2) is 18.2 Å². The summed E-state index contributed by atoms with van der Waals surface area (Å²) in [4.78, 5) is 14.6. The van der Waals surface area contributed by atoms with Gasteiger partial charge in [-0.25, -0.2) is 27.3 Å². The molecule has 1 aromatic carbocycles. The first-order chi connectivity index (χ1) is 10.2. The molecular formula is C13H7ClF4N2O2. The zero-order valence-electron chi connectivity index (χ0n) is 10.6. The summed E-state index contributed by atoms with van der Waals surface area (Å²) in [5.41, 5.74) is 2.66. The first-order valence-electron chi connectivity index (χ1n) is 5.69. The van der Waals surface area contributed by atoms with E-state index in [4.69, 9.17) is 22.4 Å². The quantitative estimate of drug-likeness (QED) is 0.835. The van der Waals surface area contributed by atoms with E-state index in [1.165, 1.54) is 0 Å². The van der Waals surface area contributed by atoms with Crippen LogP contribution in [0.3, 0.4) is 0 Å². The molecule has 2 aromatic rings. The summed E-state index contributed by atoms with van der Waals surface area (Å²) < 4.78 is 52.4. The number of halogens is 5. The summed E-state index contributed by atoms with van der Waals surface area (Å²) in [7, 11) is 0. The average Bonchev–Trinajstić information content (AvgIpc) is 2.43. The van der Waals surface area contributed by atoms with Crippen molar-refractivity contribution >= 4 is 23.3 Å². The third-order valence-electron chi connectivity index (χ3n) is 2.79. The Morgan fingerprint density at radius 3 is 2.41 bits per heavy atom. The van der Waals surface area contributed by atoms with E-state index in [0.29, 0.717) is 12.1 Å². The van der Waals surface area contributed by atoms with Crippen molar-refractivity contribution < 1.29 is 27.5 Å². The van der Waals surface area contributed by atoms with Gasteiger partial charge in [-0.3, -0.25) is 0 Å². The number of nitrogen functional groups attached to an aromatic ring is 1. The molecule has 22 heavy (non-hydrogen) atoms. The lowest BCUT2D eigenvalue weighted by atomic mass is 10.1. The van der Waals surface area contributed by atoms with Crippen molar-refractivity contribution in [3.63, 3.8) is 0 Å². The van der Waals surface area contributed by atoms with Crippen molar-refractivity contribution in [1.82, 2.24) is 4.98 Å². The maximum atomic E-state index is 13.9. The first kappa shape index (κ1) is 16.0. The Balaban J connectivity index is 2.67. The maximum absolute atomic E-state index is 13.9. The van der Waals surface area contributed by atoms with Crippen LogP contribution in [0.4, 0.5) is 23.2 Å². The van der Waals surface area contributed by atoms with Gasteiger partial charge in [0.25, 0.3) is 6.43 Å². The van der Waals surface area contributed by atoms with Gasteiger partial charge in [0, 0.05) is 5.56 Å². The van der Waals surface area contributed by atoms with Gasteiger partial charge in [0.2, 0.25) is 0 Å². The molecule has 3 N–H and O–H groups in total. The molecular weight excluding hydrogens is 328 g/mol. The third-order valence-corrected chi connectivity index (χ3v) is 3.18. The Bertz CT molecular complexity index is 768. The highest BCUT2D eigenvalue weighted by Crippen LogP contribution is 2.32. The molecule has 0 saturated heterocycles. The van der Waals surface area contributed by atoms with Crippen LogP contribution in [0, 0.1) is 11.6 Å². The summed E-state index contributed by atoms with van der Waals surface area (Å²) in [6, 6.07) is 1.84. The van der Waals surface area contributed by atoms with Crippen LogP contribution in [0.1, 0.15) is 22.5 Å². The summed E-state index contributed by atoms with van der Waals surface area (Å²) in [6.45, 7) is 0. The largest absolute Gasteiger partial charge is 0.476 e. The van der Waals surface area contributed by atoms with Crippen molar-refractivity contribution in [1.29, 1.82) is 0 Å². The van der Waals surface area contributed by atoms with Crippen molar-refractivity contribution in [2.24, 2.45) is 0 Å². The molecule has 0 atom stereocenters. The number of rotatable bonds is 3. The van der Waals surface area contributed by atoms with Gasteiger partial charge in [-0.05, 0) is 18.2 Å². The van der Waals surface area contributed by atoms with E-state index < -0.39 is 40.9 Å². The third kappa shape index (κ3) is 2.82. The topological polar surface area (TPSA) is 76.2 Å². The molecule has 0 saturated carbocycles. The normalized spacial score (nSPS) is 11.0. The van der Waals surface area contributed by atoms with Gasteiger partial charge in [-0.2, -0.15) is 0 Å². The Kier molecular flexibility index (Phi) is 4.23. The highest BCUT2D eigenvalue weighted by atomic mass is 35.5. The second kappa shape index (κ2) is 5.80. The predicted molar refractivity (Wildman–Crippen MR) is 70.9 cm³/mol. The minimum absolute atomic E-state index is 0.221. The van der Waals surface area contributed by atoms with E-state index in [0.717, 1.165) is 6.07 Å². The predicted octanol–water partition coefficient (Wildman–Crippen LogP) is 3.90. The van der Waals surface area contributed by atoms with Gasteiger partial charge >= 0.3 is 5.97 Å². The lowest BCUT2D eigenvalue weighted by molar-refractivity contribution is 0.0691. The number of pyridine rings is 1. The number of carboxylic acid groups (broad SMARTS) is 1. The molecule has 0 amide bonds. The lowest BCUT2D eigenvalue weighted by Gasteiger charge is -2.10. The molecule has 0 bridgehead atoms. The van der Waals surface area contributed by atoms with Crippen LogP contribution in [-0.2, 0) is 0 Å². The average molecular weight is 335 g/mol. The maximum Gasteiger partial charge on any atom is 0.356 e. The van der Waals surface area contributed by atoms with Crippen LogP contribution < -0.4 is 5.73 Å². The molecule has 0 spiro atoms. The highest BCUT2D eigenvalue weighted by molar-refractivity contribution is 6.35. The van der Waals surface area contributed by atoms with E-state index in [-0.39, 0.29) is 16.4 Å². The number of nitrogens with two attached hydrogens (primary N) is 1. The fourth-order valence-electron chi connectivity index (χ4n) is 1.75. The van der Waals surface area contributed by atoms with Gasteiger partial charge in [-0.15, -0.1) is 0 Å². The number of hydrogen-bond donors (Lipinski definition) is 2. The Hall–Kier alpha value is -2.35. The molecule has 1 aromatic heterocycles. The second-order valence-electron chi connectivity index (χ2n) is 4.22. The van der Waals surface area contributed by atoms with Gasteiger partial charge < -0.3 is 10.8 Å². The molecule has 0 aliphatic rings. The number of benzene rings is 1. The first-order valence-corrected chi connectivity index (χ1v) is 6.07. The minimum atomic E-state index is -3.19. The fraction of sp³-hybridized carbons (Fsp3) is 0.0769. The molecule has 1 heterocycles. The van der Waals surface area contributed by atoms with Crippen molar-refractivity contribution in [2.45, 2.75) is 6.43 Å². The van der Waals surface area contributed by atoms with Crippen LogP contribution in [0.25, 0.3) is 11.3 Å². The van der Waals surface area contributed by atoms with Gasteiger partial charge in [-0.1, -0.05) is 11.6 Å².